The molecule has 0 aliphatic carbocycles. The molecule has 0 saturated heterocycles. The van der Waals surface area contributed by atoms with E-state index in [1.165, 1.54) is 19.0 Å². The molecule has 0 amide bonds. The molecule has 1 N–H and O–H groups in total. The number of rotatable bonds is 5. The molecule has 0 radical (unpaired) electrons. The maximum Gasteiger partial charge on any atom is 0.353 e. The van der Waals surface area contributed by atoms with E-state index in [0.717, 1.165) is 12.0 Å². The van der Waals surface area contributed by atoms with Crippen LogP contribution in [-0.4, -0.2) is 28.5 Å². The number of nitrogens with one attached hydrogen (secondary N) is 1. The van der Waals surface area contributed by atoms with Crippen molar-refractivity contribution in [2.45, 2.75) is 13.0 Å². The maximum absolute atomic E-state index is 11.9. The normalized spacial score (nSPS) is 13.0. The second-order valence-corrected chi connectivity index (χ2v) is 7.00. The summed E-state index contributed by atoms with van der Waals surface area (Å²) in [6, 6.07) is 13.1. The van der Waals surface area contributed by atoms with Crippen LogP contribution in [0.5, 0.6) is 5.75 Å². The number of hydrogen-bond acceptors (Lipinski definition) is 7. The quantitative estimate of drug-likeness (QED) is 0.492. The minimum atomic E-state index is -0.463. The molecule has 0 unspecified atom stereocenters. The van der Waals surface area contributed by atoms with Crippen molar-refractivity contribution in [2.75, 3.05) is 23.9 Å². The summed E-state index contributed by atoms with van der Waals surface area (Å²) in [7, 11) is 1.51. The van der Waals surface area contributed by atoms with Crippen LogP contribution in [0.3, 0.4) is 0 Å². The lowest BCUT2D eigenvalue weighted by Gasteiger charge is -2.29. The van der Waals surface area contributed by atoms with Gasteiger partial charge >= 0.3 is 5.69 Å². The van der Waals surface area contributed by atoms with Gasteiger partial charge in [0, 0.05) is 18.1 Å². The highest BCUT2D eigenvalue weighted by Gasteiger charge is 2.29. The highest BCUT2D eigenvalue weighted by Crippen LogP contribution is 2.38. The maximum atomic E-state index is 11.9. The Morgan fingerprint density at radius 3 is 2.76 bits per heavy atom. The van der Waals surface area contributed by atoms with E-state index in [1.54, 1.807) is 18.2 Å². The Bertz CT molecular complexity index is 1080. The first-order valence-electron chi connectivity index (χ1n) is 8.98. The molecule has 148 valence electrons. The van der Waals surface area contributed by atoms with Crippen LogP contribution >= 0.6 is 11.6 Å². The van der Waals surface area contributed by atoms with E-state index in [-0.39, 0.29) is 17.3 Å². The van der Waals surface area contributed by atoms with Crippen LogP contribution in [0.2, 0.25) is 5.02 Å². The van der Waals surface area contributed by atoms with Gasteiger partial charge in [0.05, 0.1) is 17.7 Å². The van der Waals surface area contributed by atoms with E-state index < -0.39 is 4.92 Å². The summed E-state index contributed by atoms with van der Waals surface area (Å²) < 4.78 is 5.31. The largest absolute Gasteiger partial charge is 0.495 e. The zero-order valence-corrected chi connectivity index (χ0v) is 16.4. The Labute approximate surface area is 172 Å². The first-order chi connectivity index (χ1) is 14.1. The minimum absolute atomic E-state index is 0.0828. The van der Waals surface area contributed by atoms with Crippen molar-refractivity contribution in [3.63, 3.8) is 0 Å². The zero-order valence-electron chi connectivity index (χ0n) is 15.6. The van der Waals surface area contributed by atoms with Gasteiger partial charge in [-0.15, -0.1) is 0 Å². The van der Waals surface area contributed by atoms with E-state index >= 15 is 0 Å². The molecule has 29 heavy (non-hydrogen) atoms. The van der Waals surface area contributed by atoms with Gasteiger partial charge in [-0.2, -0.15) is 0 Å². The van der Waals surface area contributed by atoms with Crippen molar-refractivity contribution in [1.82, 2.24) is 9.97 Å². The van der Waals surface area contributed by atoms with E-state index in [9.17, 15) is 10.1 Å². The minimum Gasteiger partial charge on any atom is -0.495 e. The lowest BCUT2D eigenvalue weighted by Crippen LogP contribution is -2.31. The second kappa shape index (κ2) is 7.92. The van der Waals surface area contributed by atoms with Gasteiger partial charge in [-0.1, -0.05) is 35.9 Å². The molecule has 0 saturated carbocycles. The molecule has 2 aromatic carbocycles. The molecule has 0 fully saturated rings. The van der Waals surface area contributed by atoms with E-state index in [0.29, 0.717) is 29.5 Å². The number of nitro groups is 1. The number of ether oxygens (including phenoxy) is 1. The Balaban J connectivity index is 1.73. The fourth-order valence-electron chi connectivity index (χ4n) is 3.44. The van der Waals surface area contributed by atoms with Crippen molar-refractivity contribution in [3.05, 3.63) is 75.1 Å². The zero-order chi connectivity index (χ0) is 20.4. The fraction of sp³-hybridized carbons (Fsp3) is 0.200. The number of hydrogen-bond donors (Lipinski definition) is 1. The molecule has 3 aromatic rings. The third kappa shape index (κ3) is 3.79. The topological polar surface area (TPSA) is 93.4 Å². The third-order valence-electron chi connectivity index (χ3n) is 4.83. The standard InChI is InChI=1S/C20H18ClN5O3/c1-29-17-7-6-15(21)10-16(17)24-19-18(26(27)28)20(23-12-22-19)25-9-8-13-4-2-3-5-14(13)11-25/h2-7,10,12H,8-9,11H2,1H3,(H,22,23,24). The van der Waals surface area contributed by atoms with Crippen molar-refractivity contribution < 1.29 is 9.66 Å². The predicted molar refractivity (Wildman–Crippen MR) is 111 cm³/mol. The molecule has 8 nitrogen and oxygen atoms in total. The molecule has 2 heterocycles. The second-order valence-electron chi connectivity index (χ2n) is 6.56. The average molecular weight is 412 g/mol. The lowest BCUT2D eigenvalue weighted by molar-refractivity contribution is -0.383. The van der Waals surface area contributed by atoms with Gasteiger partial charge in [0.15, 0.2) is 0 Å². The van der Waals surface area contributed by atoms with Gasteiger partial charge in [0.25, 0.3) is 0 Å². The van der Waals surface area contributed by atoms with Gasteiger partial charge in [-0.25, -0.2) is 9.97 Å². The summed E-state index contributed by atoms with van der Waals surface area (Å²) in [6.07, 6.45) is 2.12. The number of methoxy groups -OCH3 is 1. The van der Waals surface area contributed by atoms with E-state index in [1.807, 2.05) is 23.1 Å². The third-order valence-corrected chi connectivity index (χ3v) is 5.07. The Morgan fingerprint density at radius 2 is 2.00 bits per heavy atom. The highest BCUT2D eigenvalue weighted by molar-refractivity contribution is 6.31. The summed E-state index contributed by atoms with van der Waals surface area (Å²) in [5.41, 5.74) is 2.69. The number of fused-ring (bicyclic) bond motifs is 1. The monoisotopic (exact) mass is 411 g/mol. The average Bonchev–Trinajstić information content (AvgIpc) is 2.73. The van der Waals surface area contributed by atoms with Gasteiger partial charge < -0.3 is 15.0 Å². The number of halogens is 1. The van der Waals surface area contributed by atoms with Crippen molar-refractivity contribution in [1.29, 1.82) is 0 Å². The molecule has 4 rings (SSSR count). The first kappa shape index (κ1) is 18.9. The summed E-state index contributed by atoms with van der Waals surface area (Å²) in [6.45, 7) is 1.18. The summed E-state index contributed by atoms with van der Waals surface area (Å²) in [5, 5.41) is 15.4. The summed E-state index contributed by atoms with van der Waals surface area (Å²) in [5.74, 6) is 0.859. The van der Waals surface area contributed by atoms with Crippen LogP contribution < -0.4 is 15.0 Å². The molecule has 1 aliphatic heterocycles. The van der Waals surface area contributed by atoms with Crippen LogP contribution in [-0.2, 0) is 13.0 Å². The van der Waals surface area contributed by atoms with E-state index in [2.05, 4.69) is 21.4 Å². The molecule has 1 aromatic heterocycles. The van der Waals surface area contributed by atoms with Gasteiger partial charge in [-0.05, 0) is 35.7 Å². The van der Waals surface area contributed by atoms with Crippen LogP contribution in [0.15, 0.2) is 48.8 Å². The molecule has 1 aliphatic rings. The Hall–Kier alpha value is -3.39. The fourth-order valence-corrected chi connectivity index (χ4v) is 3.61. The molecular weight excluding hydrogens is 394 g/mol. The molecule has 9 heteroatoms. The predicted octanol–water partition coefficient (Wildman–Crippen LogP) is 4.35. The van der Waals surface area contributed by atoms with Gasteiger partial charge in [0.1, 0.15) is 12.1 Å². The molecule has 0 atom stereocenters. The molecule has 0 bridgehead atoms. The number of nitrogens with zero attached hydrogens (tertiary/aromatic N) is 4. The smallest absolute Gasteiger partial charge is 0.353 e. The van der Waals surface area contributed by atoms with E-state index in [4.69, 9.17) is 16.3 Å². The Kier molecular flexibility index (Phi) is 5.18. The SMILES string of the molecule is COc1ccc(Cl)cc1Nc1ncnc(N2CCc3ccccc3C2)c1[N+](=O)[O-]. The van der Waals surface area contributed by atoms with Crippen LogP contribution in [0, 0.1) is 10.1 Å². The van der Waals surface area contributed by atoms with Crippen molar-refractivity contribution in [2.24, 2.45) is 0 Å². The van der Waals surface area contributed by atoms with Crippen molar-refractivity contribution in [3.8, 4) is 5.75 Å². The number of aromatic nitrogens is 2. The molecular formula is C20H18ClN5O3. The van der Waals surface area contributed by atoms with Gasteiger partial charge in [-0.3, -0.25) is 10.1 Å². The van der Waals surface area contributed by atoms with Crippen LogP contribution in [0.1, 0.15) is 11.1 Å². The van der Waals surface area contributed by atoms with Crippen molar-refractivity contribution >= 4 is 34.6 Å². The summed E-state index contributed by atoms with van der Waals surface area (Å²) >= 11 is 6.07. The number of benzene rings is 2. The lowest BCUT2D eigenvalue weighted by atomic mass is 10.00. The highest BCUT2D eigenvalue weighted by atomic mass is 35.5. The summed E-state index contributed by atoms with van der Waals surface area (Å²) in [4.78, 5) is 21.7. The number of anilines is 3. The van der Waals surface area contributed by atoms with Gasteiger partial charge in [0.2, 0.25) is 11.6 Å². The van der Waals surface area contributed by atoms with Crippen LogP contribution in [0.25, 0.3) is 0 Å². The Morgan fingerprint density at radius 1 is 1.21 bits per heavy atom. The van der Waals surface area contributed by atoms with Crippen LogP contribution in [0.4, 0.5) is 23.0 Å². The molecule has 0 spiro atoms. The first-order valence-corrected chi connectivity index (χ1v) is 9.36.